The Balaban J connectivity index is 1.90. The van der Waals surface area contributed by atoms with Gasteiger partial charge in [-0.3, -0.25) is 0 Å². The number of aromatic nitrogens is 2. The van der Waals surface area contributed by atoms with Crippen molar-refractivity contribution in [3.05, 3.63) is 65.7 Å². The van der Waals surface area contributed by atoms with E-state index in [0.717, 1.165) is 11.3 Å². The molecule has 0 amide bonds. The number of aryl methyl sites for hydroxylation is 2. The molecule has 0 spiro atoms. The molecule has 0 unspecified atom stereocenters. The van der Waals surface area contributed by atoms with Gasteiger partial charge >= 0.3 is 0 Å². The molecular formula is C19H19FN4O. The van der Waals surface area contributed by atoms with Crippen LogP contribution in [0.2, 0.25) is 0 Å². The molecule has 0 fully saturated rings. The largest absolute Gasteiger partial charge is 0.495 e. The van der Waals surface area contributed by atoms with Gasteiger partial charge in [0.25, 0.3) is 0 Å². The summed E-state index contributed by atoms with van der Waals surface area (Å²) in [5.41, 5.74) is 2.26. The van der Waals surface area contributed by atoms with Crippen LogP contribution < -0.4 is 15.4 Å². The van der Waals surface area contributed by atoms with Gasteiger partial charge in [-0.05, 0) is 43.7 Å². The summed E-state index contributed by atoms with van der Waals surface area (Å²) < 4.78 is 19.2. The van der Waals surface area contributed by atoms with Crippen molar-refractivity contribution in [2.75, 3.05) is 17.7 Å². The molecule has 1 aromatic heterocycles. The van der Waals surface area contributed by atoms with Crippen LogP contribution in [0.15, 0.2) is 48.5 Å². The number of hydrogen-bond donors (Lipinski definition) is 2. The molecule has 0 aliphatic heterocycles. The molecule has 0 radical (unpaired) electrons. The van der Waals surface area contributed by atoms with Gasteiger partial charge in [0.15, 0.2) is 0 Å². The van der Waals surface area contributed by atoms with Crippen LogP contribution in [0.3, 0.4) is 0 Å². The number of para-hydroxylation sites is 1. The van der Waals surface area contributed by atoms with Crippen molar-refractivity contribution >= 4 is 23.0 Å². The molecule has 3 rings (SSSR count). The molecule has 1 heterocycles. The minimum absolute atomic E-state index is 0.339. The lowest BCUT2D eigenvalue weighted by molar-refractivity contribution is 0.416. The Kier molecular flexibility index (Phi) is 4.79. The molecular weight excluding hydrogens is 319 g/mol. The summed E-state index contributed by atoms with van der Waals surface area (Å²) in [6.45, 7) is 3.78. The second-order valence-corrected chi connectivity index (χ2v) is 5.62. The van der Waals surface area contributed by atoms with Crippen LogP contribution in [0, 0.1) is 19.7 Å². The van der Waals surface area contributed by atoms with Crippen molar-refractivity contribution in [2.24, 2.45) is 0 Å². The van der Waals surface area contributed by atoms with E-state index in [1.54, 1.807) is 38.3 Å². The lowest BCUT2D eigenvalue weighted by atomic mass is 10.2. The number of rotatable bonds is 5. The minimum atomic E-state index is -0.339. The summed E-state index contributed by atoms with van der Waals surface area (Å²) in [7, 11) is 1.62. The predicted molar refractivity (Wildman–Crippen MR) is 97.5 cm³/mol. The van der Waals surface area contributed by atoms with E-state index in [2.05, 4.69) is 20.6 Å². The smallest absolute Gasteiger partial charge is 0.146 e. The van der Waals surface area contributed by atoms with Crippen LogP contribution in [0.4, 0.5) is 27.4 Å². The van der Waals surface area contributed by atoms with Gasteiger partial charge in [0.05, 0.1) is 18.5 Å². The zero-order valence-corrected chi connectivity index (χ0v) is 14.3. The standard InChI is InChI=1S/C19H19FN4O/c1-12-8-9-17(25-3)16(10-12)24-19-11-18(21-13(2)22-19)23-15-7-5-4-6-14(15)20/h4-11H,1-3H3,(H2,21,22,23,24). The highest BCUT2D eigenvalue weighted by atomic mass is 19.1. The Hall–Kier alpha value is -3.15. The van der Waals surface area contributed by atoms with Crippen LogP contribution in [-0.4, -0.2) is 17.1 Å². The Labute approximate surface area is 145 Å². The van der Waals surface area contributed by atoms with E-state index in [9.17, 15) is 4.39 Å². The topological polar surface area (TPSA) is 59.1 Å². The fourth-order valence-electron chi connectivity index (χ4n) is 2.45. The Morgan fingerprint density at radius 3 is 2.24 bits per heavy atom. The third kappa shape index (κ3) is 4.03. The maximum Gasteiger partial charge on any atom is 0.146 e. The highest BCUT2D eigenvalue weighted by Gasteiger charge is 2.08. The van der Waals surface area contributed by atoms with Gasteiger partial charge in [-0.25, -0.2) is 14.4 Å². The highest BCUT2D eigenvalue weighted by molar-refractivity contribution is 5.68. The SMILES string of the molecule is COc1ccc(C)cc1Nc1cc(Nc2ccccc2F)nc(C)n1. The number of nitrogens with one attached hydrogen (secondary N) is 2. The van der Waals surface area contributed by atoms with Gasteiger partial charge in [0.1, 0.15) is 29.0 Å². The fourth-order valence-corrected chi connectivity index (χ4v) is 2.45. The Morgan fingerprint density at radius 1 is 0.880 bits per heavy atom. The van der Waals surface area contributed by atoms with Crippen LogP contribution >= 0.6 is 0 Å². The number of benzene rings is 2. The number of halogens is 1. The van der Waals surface area contributed by atoms with Crippen molar-refractivity contribution in [2.45, 2.75) is 13.8 Å². The lowest BCUT2D eigenvalue weighted by Gasteiger charge is -2.13. The lowest BCUT2D eigenvalue weighted by Crippen LogP contribution is -2.03. The number of hydrogen-bond acceptors (Lipinski definition) is 5. The van der Waals surface area contributed by atoms with Crippen LogP contribution in [0.25, 0.3) is 0 Å². The van der Waals surface area contributed by atoms with Gasteiger partial charge in [-0.1, -0.05) is 18.2 Å². The van der Waals surface area contributed by atoms with E-state index >= 15 is 0 Å². The summed E-state index contributed by atoms with van der Waals surface area (Å²) in [5, 5.41) is 6.22. The molecule has 128 valence electrons. The molecule has 5 nitrogen and oxygen atoms in total. The van der Waals surface area contributed by atoms with Crippen LogP contribution in [0.1, 0.15) is 11.4 Å². The maximum absolute atomic E-state index is 13.8. The van der Waals surface area contributed by atoms with Gasteiger partial charge in [0, 0.05) is 6.07 Å². The first kappa shape index (κ1) is 16.7. The van der Waals surface area contributed by atoms with Crippen molar-refractivity contribution in [3.8, 4) is 5.75 Å². The minimum Gasteiger partial charge on any atom is -0.495 e. The van der Waals surface area contributed by atoms with E-state index in [0.29, 0.717) is 28.9 Å². The Bertz CT molecular complexity index is 898. The molecule has 0 bridgehead atoms. The molecule has 2 N–H and O–H groups in total. The van der Waals surface area contributed by atoms with E-state index in [1.165, 1.54) is 6.07 Å². The zero-order chi connectivity index (χ0) is 17.8. The molecule has 3 aromatic rings. The maximum atomic E-state index is 13.8. The summed E-state index contributed by atoms with van der Waals surface area (Å²) in [5.74, 6) is 2.04. The molecule has 25 heavy (non-hydrogen) atoms. The van der Waals surface area contributed by atoms with Gasteiger partial charge in [0.2, 0.25) is 0 Å². The molecule has 6 heteroatoms. The normalized spacial score (nSPS) is 10.4. The third-order valence-corrected chi connectivity index (χ3v) is 3.59. The second-order valence-electron chi connectivity index (χ2n) is 5.62. The first-order valence-corrected chi connectivity index (χ1v) is 7.84. The highest BCUT2D eigenvalue weighted by Crippen LogP contribution is 2.29. The predicted octanol–water partition coefficient (Wildman–Crippen LogP) is 4.73. The molecule has 0 aliphatic carbocycles. The number of anilines is 4. The molecule has 2 aromatic carbocycles. The fraction of sp³-hybridized carbons (Fsp3) is 0.158. The number of nitrogens with zero attached hydrogens (tertiary/aromatic N) is 2. The molecule has 0 saturated heterocycles. The number of ether oxygens (including phenoxy) is 1. The average molecular weight is 338 g/mol. The van der Waals surface area contributed by atoms with E-state index in [1.807, 2.05) is 25.1 Å². The summed E-state index contributed by atoms with van der Waals surface area (Å²) in [6.07, 6.45) is 0. The van der Waals surface area contributed by atoms with Gasteiger partial charge in [-0.2, -0.15) is 0 Å². The average Bonchev–Trinajstić information content (AvgIpc) is 2.57. The van der Waals surface area contributed by atoms with Crippen LogP contribution in [-0.2, 0) is 0 Å². The van der Waals surface area contributed by atoms with Crippen molar-refractivity contribution < 1.29 is 9.13 Å². The van der Waals surface area contributed by atoms with Gasteiger partial charge < -0.3 is 15.4 Å². The molecule has 0 saturated carbocycles. The van der Waals surface area contributed by atoms with E-state index < -0.39 is 0 Å². The van der Waals surface area contributed by atoms with E-state index in [4.69, 9.17) is 4.74 Å². The molecule has 0 aliphatic rings. The first-order chi connectivity index (χ1) is 12.0. The third-order valence-electron chi connectivity index (χ3n) is 3.59. The first-order valence-electron chi connectivity index (χ1n) is 7.84. The second kappa shape index (κ2) is 7.17. The summed E-state index contributed by atoms with van der Waals surface area (Å²) >= 11 is 0. The summed E-state index contributed by atoms with van der Waals surface area (Å²) in [6, 6.07) is 14.0. The Morgan fingerprint density at radius 2 is 1.56 bits per heavy atom. The number of methoxy groups -OCH3 is 1. The van der Waals surface area contributed by atoms with Gasteiger partial charge in [-0.15, -0.1) is 0 Å². The van der Waals surface area contributed by atoms with Crippen molar-refractivity contribution in [3.63, 3.8) is 0 Å². The zero-order valence-electron chi connectivity index (χ0n) is 14.3. The van der Waals surface area contributed by atoms with Crippen molar-refractivity contribution in [1.82, 2.24) is 9.97 Å². The molecule has 0 atom stereocenters. The van der Waals surface area contributed by atoms with E-state index in [-0.39, 0.29) is 5.82 Å². The van der Waals surface area contributed by atoms with Crippen molar-refractivity contribution in [1.29, 1.82) is 0 Å². The monoisotopic (exact) mass is 338 g/mol. The summed E-state index contributed by atoms with van der Waals surface area (Å²) in [4.78, 5) is 8.70. The van der Waals surface area contributed by atoms with Crippen LogP contribution in [0.5, 0.6) is 5.75 Å². The quantitative estimate of drug-likeness (QED) is 0.704.